The van der Waals surface area contributed by atoms with Gasteiger partial charge in [0, 0.05) is 82.7 Å². The number of halogens is 3. The van der Waals surface area contributed by atoms with Crippen molar-refractivity contribution in [3.8, 4) is 5.75 Å². The number of H-pyrrole nitrogens is 1. The number of sulfonamides is 1. The number of nitrogens with one attached hydrogen (secondary N) is 3. The Hall–Kier alpha value is -4.94. The number of alkyl halides is 3. The molecule has 2 aliphatic heterocycles. The SMILES string of the molecule is CCc1cc(Nc2nc(Nc3ccc4nccnc4c3N(C)S(C)(=O)=O)c3cc[nH]c3n2)c(OC(F)(F)F)cc1N1CCC(N2CCN(C)CC2)CC1. The van der Waals surface area contributed by atoms with E-state index in [2.05, 4.69) is 62.0 Å². The monoisotopic (exact) mass is 753 g/mol. The van der Waals surface area contributed by atoms with Gasteiger partial charge in [-0.25, -0.2) is 8.42 Å². The predicted octanol–water partition coefficient (Wildman–Crippen LogP) is 5.46. The Labute approximate surface area is 305 Å². The van der Waals surface area contributed by atoms with Crippen molar-refractivity contribution >= 4 is 66.6 Å². The maximum absolute atomic E-state index is 13.9. The second kappa shape index (κ2) is 14.5. The number of anilines is 6. The number of aryl methyl sites for hydroxylation is 1. The summed E-state index contributed by atoms with van der Waals surface area (Å²) in [4.78, 5) is 28.0. The molecule has 0 atom stereocenters. The highest BCUT2D eigenvalue weighted by molar-refractivity contribution is 7.92. The number of hydrogen-bond donors (Lipinski definition) is 3. The summed E-state index contributed by atoms with van der Waals surface area (Å²) in [5, 5.41) is 6.76. The van der Waals surface area contributed by atoms with E-state index in [9.17, 15) is 21.6 Å². The van der Waals surface area contributed by atoms with Crippen LogP contribution in [-0.4, -0.2) is 115 Å². The fourth-order valence-electron chi connectivity index (χ4n) is 7.11. The first-order valence-corrected chi connectivity index (χ1v) is 19.3. The van der Waals surface area contributed by atoms with Gasteiger partial charge in [-0.3, -0.25) is 19.2 Å². The summed E-state index contributed by atoms with van der Waals surface area (Å²) in [6.07, 6.45) is 3.18. The van der Waals surface area contributed by atoms with Gasteiger partial charge in [-0.05, 0) is 56.1 Å². The van der Waals surface area contributed by atoms with Gasteiger partial charge in [0.25, 0.3) is 0 Å². The quantitative estimate of drug-likeness (QED) is 0.166. The fourth-order valence-corrected chi connectivity index (χ4v) is 7.62. The van der Waals surface area contributed by atoms with Crippen LogP contribution in [0.5, 0.6) is 5.75 Å². The normalized spacial score (nSPS) is 16.7. The fraction of sp³-hybridized carbons (Fsp3) is 0.429. The molecule has 282 valence electrons. The molecule has 0 spiro atoms. The second-order valence-corrected chi connectivity index (χ2v) is 15.5. The Morgan fingerprint density at radius 1 is 0.981 bits per heavy atom. The van der Waals surface area contributed by atoms with Crippen molar-refractivity contribution in [2.24, 2.45) is 0 Å². The second-order valence-electron chi connectivity index (χ2n) is 13.4. The topological polar surface area (TPSA) is 148 Å². The molecule has 0 radical (unpaired) electrons. The molecule has 18 heteroatoms. The minimum atomic E-state index is -4.95. The first-order chi connectivity index (χ1) is 25.3. The summed E-state index contributed by atoms with van der Waals surface area (Å²) >= 11 is 0. The average Bonchev–Trinajstić information content (AvgIpc) is 3.60. The van der Waals surface area contributed by atoms with Crippen molar-refractivity contribution in [3.63, 3.8) is 0 Å². The van der Waals surface area contributed by atoms with E-state index in [0.29, 0.717) is 45.9 Å². The van der Waals surface area contributed by atoms with E-state index < -0.39 is 22.1 Å². The van der Waals surface area contributed by atoms with Gasteiger partial charge in [0.15, 0.2) is 5.75 Å². The maximum atomic E-state index is 13.9. The van der Waals surface area contributed by atoms with Crippen LogP contribution in [0.3, 0.4) is 0 Å². The van der Waals surface area contributed by atoms with E-state index in [4.69, 9.17) is 0 Å². The highest BCUT2D eigenvalue weighted by Crippen LogP contribution is 2.41. The summed E-state index contributed by atoms with van der Waals surface area (Å²) in [6, 6.07) is 8.67. The maximum Gasteiger partial charge on any atom is 0.573 e. The van der Waals surface area contributed by atoms with E-state index in [1.807, 2.05) is 6.92 Å². The molecule has 53 heavy (non-hydrogen) atoms. The number of aromatic nitrogens is 5. The van der Waals surface area contributed by atoms with Crippen LogP contribution >= 0.6 is 0 Å². The van der Waals surface area contributed by atoms with Crippen molar-refractivity contribution in [1.82, 2.24) is 34.7 Å². The van der Waals surface area contributed by atoms with E-state index in [-0.39, 0.29) is 23.1 Å². The Kier molecular flexibility index (Phi) is 9.94. The minimum absolute atomic E-state index is 0.0177. The summed E-state index contributed by atoms with van der Waals surface area (Å²) in [6.45, 7) is 7.52. The molecule has 7 rings (SSSR count). The van der Waals surface area contributed by atoms with Gasteiger partial charge >= 0.3 is 6.36 Å². The number of benzene rings is 2. The number of piperidine rings is 1. The van der Waals surface area contributed by atoms with Gasteiger partial charge in [0.05, 0.1) is 28.5 Å². The molecule has 2 fully saturated rings. The lowest BCUT2D eigenvalue weighted by molar-refractivity contribution is -0.274. The molecular weight excluding hydrogens is 712 g/mol. The number of fused-ring (bicyclic) bond motifs is 2. The summed E-state index contributed by atoms with van der Waals surface area (Å²) in [5.74, 6) is -0.157. The molecule has 5 heterocycles. The molecule has 0 bridgehead atoms. The van der Waals surface area contributed by atoms with Crippen molar-refractivity contribution in [2.75, 3.05) is 79.5 Å². The van der Waals surface area contributed by atoms with E-state index in [1.165, 1.54) is 25.5 Å². The number of ether oxygens (including phenoxy) is 1. The third kappa shape index (κ3) is 7.89. The Balaban J connectivity index is 1.22. The van der Waals surface area contributed by atoms with Crippen LogP contribution in [0.15, 0.2) is 48.9 Å². The molecule has 3 aromatic heterocycles. The number of nitrogens with zero attached hydrogens (tertiary/aromatic N) is 8. The van der Waals surface area contributed by atoms with Crippen molar-refractivity contribution in [3.05, 3.63) is 54.5 Å². The zero-order chi connectivity index (χ0) is 37.5. The van der Waals surface area contributed by atoms with Crippen LogP contribution in [0.1, 0.15) is 25.3 Å². The van der Waals surface area contributed by atoms with E-state index in [1.54, 1.807) is 30.5 Å². The van der Waals surface area contributed by atoms with Crippen molar-refractivity contribution in [1.29, 1.82) is 0 Å². The lowest BCUT2D eigenvalue weighted by atomic mass is 9.99. The summed E-state index contributed by atoms with van der Waals surface area (Å²) < 4.78 is 72.8. The van der Waals surface area contributed by atoms with Crippen LogP contribution in [0.25, 0.3) is 22.1 Å². The highest BCUT2D eigenvalue weighted by atomic mass is 32.2. The van der Waals surface area contributed by atoms with Crippen molar-refractivity contribution < 1.29 is 26.3 Å². The zero-order valence-corrected chi connectivity index (χ0v) is 30.7. The molecule has 2 aromatic carbocycles. The largest absolute Gasteiger partial charge is 0.573 e. The Morgan fingerprint density at radius 2 is 1.72 bits per heavy atom. The molecule has 14 nitrogen and oxygen atoms in total. The predicted molar refractivity (Wildman–Crippen MR) is 200 cm³/mol. The van der Waals surface area contributed by atoms with Crippen LogP contribution in [0, 0.1) is 0 Å². The minimum Gasteiger partial charge on any atom is -0.403 e. The Morgan fingerprint density at radius 3 is 2.42 bits per heavy atom. The molecule has 5 aromatic rings. The van der Waals surface area contributed by atoms with Crippen LogP contribution in [-0.2, 0) is 16.4 Å². The first-order valence-electron chi connectivity index (χ1n) is 17.4. The lowest BCUT2D eigenvalue weighted by Crippen LogP contribution is -2.52. The zero-order valence-electron chi connectivity index (χ0n) is 29.9. The molecule has 2 saturated heterocycles. The van der Waals surface area contributed by atoms with Crippen molar-refractivity contribution in [2.45, 2.75) is 38.6 Å². The number of aromatic amines is 1. The molecule has 2 aliphatic rings. The van der Waals surface area contributed by atoms with E-state index >= 15 is 0 Å². The third-order valence-corrected chi connectivity index (χ3v) is 11.2. The average molecular weight is 754 g/mol. The third-order valence-electron chi connectivity index (χ3n) is 9.99. The molecule has 0 saturated carbocycles. The lowest BCUT2D eigenvalue weighted by Gasteiger charge is -2.43. The van der Waals surface area contributed by atoms with Gasteiger partial charge in [0.2, 0.25) is 16.0 Å². The first kappa shape index (κ1) is 36.4. The molecule has 0 unspecified atom stereocenters. The number of hydrogen-bond acceptors (Lipinski definition) is 12. The Bertz CT molecular complexity index is 2220. The number of likely N-dealkylation sites (N-methyl/N-ethyl adjacent to an activating group) is 1. The van der Waals surface area contributed by atoms with Crippen LogP contribution in [0.4, 0.5) is 47.7 Å². The van der Waals surface area contributed by atoms with Gasteiger partial charge in [-0.2, -0.15) is 9.97 Å². The molecular formula is C35H42F3N11O3S. The number of rotatable bonds is 10. The smallest absolute Gasteiger partial charge is 0.403 e. The molecule has 0 amide bonds. The summed E-state index contributed by atoms with van der Waals surface area (Å²) in [5.41, 5.74) is 3.41. The van der Waals surface area contributed by atoms with Gasteiger partial charge < -0.3 is 30.2 Å². The number of piperazine rings is 1. The van der Waals surface area contributed by atoms with Gasteiger partial charge in [-0.1, -0.05) is 6.92 Å². The summed E-state index contributed by atoms with van der Waals surface area (Å²) in [7, 11) is -0.186. The highest BCUT2D eigenvalue weighted by Gasteiger charge is 2.34. The molecule has 0 aliphatic carbocycles. The van der Waals surface area contributed by atoms with Gasteiger partial charge in [0.1, 0.15) is 22.7 Å². The molecule has 3 N–H and O–H groups in total. The van der Waals surface area contributed by atoms with Crippen LogP contribution in [0.2, 0.25) is 0 Å². The van der Waals surface area contributed by atoms with Crippen LogP contribution < -0.4 is 24.6 Å². The van der Waals surface area contributed by atoms with Gasteiger partial charge in [-0.15, -0.1) is 13.2 Å². The standard InChI is InChI=1S/C35H42F3N11O3S/c1-5-22-20-27(29(52-35(36,37)38)21-28(22)49-14-9-23(10-15-49)48-18-16-46(2)17-19-48)43-34-44-32-24(8-11-41-32)33(45-34)42-26-7-6-25-30(40-13-12-39-25)31(26)47(3)53(4,50)51/h6-8,11-13,20-21,23H,5,9-10,14-19H2,1-4H3,(H3,41,42,43,44,45). The van der Waals surface area contributed by atoms with E-state index in [0.717, 1.165) is 68.2 Å².